The molecule has 0 radical (unpaired) electrons. The van der Waals surface area contributed by atoms with Crippen LogP contribution in [-0.2, 0) is 6.54 Å². The summed E-state index contributed by atoms with van der Waals surface area (Å²) >= 11 is 6.21. The highest BCUT2D eigenvalue weighted by Gasteiger charge is 2.08. The van der Waals surface area contributed by atoms with E-state index in [-0.39, 0.29) is 11.6 Å². The Morgan fingerprint density at radius 3 is 2.43 bits per heavy atom. The quantitative estimate of drug-likeness (QED) is 0.868. The van der Waals surface area contributed by atoms with Gasteiger partial charge in [-0.2, -0.15) is 0 Å². The average Bonchev–Trinajstić information content (AvgIpc) is 2.46. The van der Waals surface area contributed by atoms with E-state index in [0.717, 1.165) is 16.7 Å². The van der Waals surface area contributed by atoms with Gasteiger partial charge in [0.05, 0.1) is 7.11 Å². The van der Waals surface area contributed by atoms with Crippen LogP contribution in [0.5, 0.6) is 5.75 Å². The summed E-state index contributed by atoms with van der Waals surface area (Å²) in [5, 5.41) is 4.04. The maximum Gasteiger partial charge on any atom is 0.165 e. The van der Waals surface area contributed by atoms with E-state index in [9.17, 15) is 4.39 Å². The Morgan fingerprint density at radius 2 is 1.81 bits per heavy atom. The molecule has 0 atom stereocenters. The van der Waals surface area contributed by atoms with E-state index < -0.39 is 0 Å². The van der Waals surface area contributed by atoms with Crippen LogP contribution in [-0.4, -0.2) is 13.2 Å². The van der Waals surface area contributed by atoms with Crippen LogP contribution >= 0.6 is 11.6 Å². The predicted octanol–water partition coefficient (Wildman–Crippen LogP) is 4.65. The van der Waals surface area contributed by atoms with Gasteiger partial charge in [0, 0.05) is 17.6 Å². The lowest BCUT2D eigenvalue weighted by Gasteiger charge is -2.12. The summed E-state index contributed by atoms with van der Waals surface area (Å²) in [5.74, 6) is -0.124. The van der Waals surface area contributed by atoms with Gasteiger partial charge in [-0.05, 0) is 41.0 Å². The van der Waals surface area contributed by atoms with E-state index in [1.54, 1.807) is 6.07 Å². The molecular formula is C17H19ClFNO. The zero-order valence-corrected chi connectivity index (χ0v) is 13.2. The van der Waals surface area contributed by atoms with Crippen LogP contribution in [0.1, 0.15) is 19.4 Å². The van der Waals surface area contributed by atoms with Crippen LogP contribution in [0, 0.1) is 5.82 Å². The maximum absolute atomic E-state index is 13.8. The number of hydrogen-bond acceptors (Lipinski definition) is 2. The Bertz CT molecular complexity index is 628. The topological polar surface area (TPSA) is 21.3 Å². The smallest absolute Gasteiger partial charge is 0.165 e. The third-order valence-corrected chi connectivity index (χ3v) is 3.60. The summed E-state index contributed by atoms with van der Waals surface area (Å²) in [6, 6.07) is 11.0. The van der Waals surface area contributed by atoms with Crippen molar-refractivity contribution in [1.82, 2.24) is 5.32 Å². The lowest BCUT2D eigenvalue weighted by Crippen LogP contribution is -2.21. The van der Waals surface area contributed by atoms with Crippen LogP contribution in [0.4, 0.5) is 4.39 Å². The largest absolute Gasteiger partial charge is 0.494 e. The van der Waals surface area contributed by atoms with Gasteiger partial charge in [0.15, 0.2) is 11.6 Å². The van der Waals surface area contributed by atoms with E-state index in [4.69, 9.17) is 16.3 Å². The molecule has 2 aromatic rings. The molecule has 0 saturated carbocycles. The standard InChI is InChI=1S/C17H19ClFNO/c1-11(2)20-10-14-8-12(4-6-15(14)18)13-5-7-17(21-3)16(19)9-13/h4-9,11,20H,10H2,1-3H3. The normalized spacial score (nSPS) is 11.0. The van der Waals surface area contributed by atoms with E-state index in [0.29, 0.717) is 17.6 Å². The highest BCUT2D eigenvalue weighted by atomic mass is 35.5. The molecule has 0 aliphatic carbocycles. The molecule has 0 spiro atoms. The summed E-state index contributed by atoms with van der Waals surface area (Å²) < 4.78 is 18.7. The predicted molar refractivity (Wildman–Crippen MR) is 85.4 cm³/mol. The van der Waals surface area contributed by atoms with Gasteiger partial charge in [-0.25, -0.2) is 4.39 Å². The van der Waals surface area contributed by atoms with Crippen LogP contribution in [0.15, 0.2) is 36.4 Å². The first-order valence-electron chi connectivity index (χ1n) is 6.87. The molecule has 0 fully saturated rings. The average molecular weight is 308 g/mol. The van der Waals surface area contributed by atoms with Gasteiger partial charge in [-0.3, -0.25) is 0 Å². The summed E-state index contributed by atoms with van der Waals surface area (Å²) in [7, 11) is 1.45. The second-order valence-corrected chi connectivity index (χ2v) is 5.60. The first-order chi connectivity index (χ1) is 10.0. The molecule has 0 aromatic heterocycles. The van der Waals surface area contributed by atoms with E-state index in [1.165, 1.54) is 13.2 Å². The Kier molecular flexibility index (Phi) is 5.21. The lowest BCUT2D eigenvalue weighted by molar-refractivity contribution is 0.386. The molecule has 2 nitrogen and oxygen atoms in total. The summed E-state index contributed by atoms with van der Waals surface area (Å²) in [6.07, 6.45) is 0. The number of benzene rings is 2. The Morgan fingerprint density at radius 1 is 1.14 bits per heavy atom. The van der Waals surface area contributed by atoms with Crippen LogP contribution in [0.25, 0.3) is 11.1 Å². The molecule has 0 aliphatic rings. The fraction of sp³-hybridized carbons (Fsp3) is 0.294. The van der Waals surface area contributed by atoms with Crippen molar-refractivity contribution in [1.29, 1.82) is 0 Å². The van der Waals surface area contributed by atoms with Crippen molar-refractivity contribution in [2.75, 3.05) is 7.11 Å². The molecule has 0 heterocycles. The third kappa shape index (κ3) is 3.96. The number of nitrogens with one attached hydrogen (secondary N) is 1. The van der Waals surface area contributed by atoms with Crippen molar-refractivity contribution in [3.05, 3.63) is 52.8 Å². The number of ether oxygens (including phenoxy) is 1. The minimum Gasteiger partial charge on any atom is -0.494 e. The number of rotatable bonds is 5. The van der Waals surface area contributed by atoms with Crippen LogP contribution in [0.2, 0.25) is 5.02 Å². The van der Waals surface area contributed by atoms with Gasteiger partial charge in [0.25, 0.3) is 0 Å². The molecule has 4 heteroatoms. The summed E-state index contributed by atoms with van der Waals surface area (Å²) in [6.45, 7) is 4.84. The fourth-order valence-corrected chi connectivity index (χ4v) is 2.23. The van der Waals surface area contributed by atoms with Crippen LogP contribution < -0.4 is 10.1 Å². The molecule has 0 unspecified atom stereocenters. The van der Waals surface area contributed by atoms with Crippen LogP contribution in [0.3, 0.4) is 0 Å². The molecule has 2 aromatic carbocycles. The number of methoxy groups -OCH3 is 1. The van der Waals surface area contributed by atoms with Crippen molar-refractivity contribution < 1.29 is 9.13 Å². The molecular weight excluding hydrogens is 289 g/mol. The second-order valence-electron chi connectivity index (χ2n) is 5.19. The molecule has 2 rings (SSSR count). The van der Waals surface area contributed by atoms with Gasteiger partial charge in [0.1, 0.15) is 0 Å². The van der Waals surface area contributed by atoms with E-state index in [1.807, 2.05) is 24.3 Å². The van der Waals surface area contributed by atoms with Gasteiger partial charge < -0.3 is 10.1 Å². The molecule has 21 heavy (non-hydrogen) atoms. The van der Waals surface area contributed by atoms with Gasteiger partial charge in [-0.15, -0.1) is 0 Å². The zero-order valence-electron chi connectivity index (χ0n) is 12.4. The van der Waals surface area contributed by atoms with Gasteiger partial charge >= 0.3 is 0 Å². The highest BCUT2D eigenvalue weighted by molar-refractivity contribution is 6.31. The Labute approximate surface area is 129 Å². The lowest BCUT2D eigenvalue weighted by atomic mass is 10.0. The number of hydrogen-bond donors (Lipinski definition) is 1. The van der Waals surface area contributed by atoms with Gasteiger partial charge in [0.2, 0.25) is 0 Å². The third-order valence-electron chi connectivity index (χ3n) is 3.23. The number of halogens is 2. The first kappa shape index (κ1) is 15.8. The van der Waals surface area contributed by atoms with Crippen molar-refractivity contribution in [3.63, 3.8) is 0 Å². The minimum atomic E-state index is -0.369. The summed E-state index contributed by atoms with van der Waals surface area (Å²) in [5.41, 5.74) is 2.73. The van der Waals surface area contributed by atoms with Crippen molar-refractivity contribution in [3.8, 4) is 16.9 Å². The Balaban J connectivity index is 2.31. The Hall–Kier alpha value is -1.58. The molecule has 0 aliphatic heterocycles. The molecule has 112 valence electrons. The van der Waals surface area contributed by atoms with Crippen molar-refractivity contribution in [2.24, 2.45) is 0 Å². The molecule has 0 amide bonds. The van der Waals surface area contributed by atoms with Crippen molar-refractivity contribution >= 4 is 11.6 Å². The second kappa shape index (κ2) is 6.92. The summed E-state index contributed by atoms with van der Waals surface area (Å²) in [4.78, 5) is 0. The SMILES string of the molecule is COc1ccc(-c2ccc(Cl)c(CNC(C)C)c2)cc1F. The molecule has 1 N–H and O–H groups in total. The van der Waals surface area contributed by atoms with Gasteiger partial charge in [-0.1, -0.05) is 37.6 Å². The highest BCUT2D eigenvalue weighted by Crippen LogP contribution is 2.28. The maximum atomic E-state index is 13.8. The zero-order chi connectivity index (χ0) is 15.4. The minimum absolute atomic E-state index is 0.245. The molecule has 0 saturated heterocycles. The van der Waals surface area contributed by atoms with E-state index in [2.05, 4.69) is 19.2 Å². The fourth-order valence-electron chi connectivity index (χ4n) is 2.05. The van der Waals surface area contributed by atoms with E-state index >= 15 is 0 Å². The monoisotopic (exact) mass is 307 g/mol. The molecule has 0 bridgehead atoms. The first-order valence-corrected chi connectivity index (χ1v) is 7.24. The van der Waals surface area contributed by atoms with Crippen molar-refractivity contribution in [2.45, 2.75) is 26.4 Å².